The summed E-state index contributed by atoms with van der Waals surface area (Å²) in [7, 11) is 1.41. The van der Waals surface area contributed by atoms with Gasteiger partial charge in [0.1, 0.15) is 16.6 Å². The molecule has 9 heteroatoms. The zero-order chi connectivity index (χ0) is 24.9. The second-order valence-corrected chi connectivity index (χ2v) is 8.22. The van der Waals surface area contributed by atoms with Gasteiger partial charge < -0.3 is 9.84 Å². The van der Waals surface area contributed by atoms with E-state index in [1.807, 2.05) is 48.5 Å². The molecule has 0 aliphatic heterocycles. The molecule has 2 heterocycles. The molecule has 3 N–H and O–H groups in total. The minimum absolute atomic E-state index is 0.256. The molecule has 0 radical (unpaired) electrons. The molecule has 0 unspecified atom stereocenters. The van der Waals surface area contributed by atoms with Gasteiger partial charge in [0.05, 0.1) is 23.9 Å². The molecule has 176 valence electrons. The van der Waals surface area contributed by atoms with Gasteiger partial charge in [-0.3, -0.25) is 10.1 Å². The van der Waals surface area contributed by atoms with Crippen molar-refractivity contribution in [1.29, 1.82) is 0 Å². The number of hydrogen-bond donors (Lipinski definition) is 3. The number of nitrogens with two attached hydrogens (primary N) is 1. The smallest absolute Gasteiger partial charge is 0.338 e. The molecule has 0 aliphatic rings. The van der Waals surface area contributed by atoms with Crippen LogP contribution in [0.1, 0.15) is 10.4 Å². The second-order valence-electron chi connectivity index (χ2n) is 7.36. The van der Waals surface area contributed by atoms with Crippen LogP contribution in [0, 0.1) is 5.82 Å². The summed E-state index contributed by atoms with van der Waals surface area (Å²) in [5, 5.41) is 17.0. The van der Waals surface area contributed by atoms with Crippen LogP contribution in [0.25, 0.3) is 43.9 Å². The fourth-order valence-electron chi connectivity index (χ4n) is 3.68. The Balaban J connectivity index is 0.00000141. The number of carboxylic acids is 1. The maximum Gasteiger partial charge on any atom is 0.338 e. The summed E-state index contributed by atoms with van der Waals surface area (Å²) in [6.07, 6.45) is 1.78. The Labute approximate surface area is 210 Å². The minimum atomic E-state index is -1.35. The first kappa shape index (κ1) is 24.3. The summed E-state index contributed by atoms with van der Waals surface area (Å²) >= 11 is 4.45. The monoisotopic (exact) mass is 505 g/mol. The SMILES string of the molecule is COc1cc(C(=O)O)c(F)cc1-c1csc(-c2ccc(-c3ccc4ncccc4c3)cc2)n1.NS. The fourth-order valence-corrected chi connectivity index (χ4v) is 4.50. The van der Waals surface area contributed by atoms with Crippen LogP contribution in [0.3, 0.4) is 0 Å². The standard InChI is InChI=1S/C26H17FN2O3S.H3NS/c1-32-24-13-19(26(30)31)21(27)12-20(24)23-14-33-25(29-23)16-6-4-15(5-7-16)17-8-9-22-18(11-17)3-2-10-28-22;1-2/h2-14H,1H3,(H,30,31);2H,1H2. The number of aromatic nitrogens is 2. The maximum absolute atomic E-state index is 14.3. The summed E-state index contributed by atoms with van der Waals surface area (Å²) in [4.78, 5) is 20.2. The molecule has 0 spiro atoms. The van der Waals surface area contributed by atoms with Gasteiger partial charge >= 0.3 is 5.97 Å². The van der Waals surface area contributed by atoms with E-state index in [0.717, 1.165) is 38.7 Å². The van der Waals surface area contributed by atoms with Crippen molar-refractivity contribution >= 4 is 41.0 Å². The van der Waals surface area contributed by atoms with E-state index < -0.39 is 17.3 Å². The molecule has 5 aromatic rings. The van der Waals surface area contributed by atoms with E-state index in [1.54, 1.807) is 11.6 Å². The molecule has 6 nitrogen and oxygen atoms in total. The van der Waals surface area contributed by atoms with E-state index >= 15 is 0 Å². The Morgan fingerprint density at radius 2 is 1.74 bits per heavy atom. The molecule has 5 rings (SSSR count). The Kier molecular flexibility index (Phi) is 7.40. The van der Waals surface area contributed by atoms with Crippen LogP contribution in [-0.2, 0) is 0 Å². The lowest BCUT2D eigenvalue weighted by Crippen LogP contribution is -2.02. The lowest BCUT2D eigenvalue weighted by molar-refractivity contribution is 0.0691. The quantitative estimate of drug-likeness (QED) is 0.242. The molecule has 0 fully saturated rings. The van der Waals surface area contributed by atoms with Crippen LogP contribution in [-0.4, -0.2) is 28.2 Å². The van der Waals surface area contributed by atoms with Gasteiger partial charge in [0.25, 0.3) is 0 Å². The molecule has 0 bridgehead atoms. The third-order valence-corrected chi connectivity index (χ3v) is 6.26. The highest BCUT2D eigenvalue weighted by atomic mass is 32.1. The van der Waals surface area contributed by atoms with Crippen LogP contribution in [0.4, 0.5) is 4.39 Å². The van der Waals surface area contributed by atoms with Crippen molar-refractivity contribution in [3.05, 3.63) is 89.7 Å². The van der Waals surface area contributed by atoms with Crippen molar-refractivity contribution in [3.8, 4) is 38.7 Å². The van der Waals surface area contributed by atoms with Crippen LogP contribution in [0.15, 0.2) is 78.3 Å². The van der Waals surface area contributed by atoms with E-state index in [4.69, 9.17) is 9.84 Å². The van der Waals surface area contributed by atoms with Crippen LogP contribution >= 0.6 is 24.2 Å². The number of fused-ring (bicyclic) bond motifs is 1. The van der Waals surface area contributed by atoms with Gasteiger partial charge in [0.15, 0.2) is 0 Å². The Hall–Kier alpha value is -3.79. The van der Waals surface area contributed by atoms with Gasteiger partial charge in [-0.2, -0.15) is 0 Å². The number of pyridine rings is 1. The summed E-state index contributed by atoms with van der Waals surface area (Å²) in [6.45, 7) is 0. The van der Waals surface area contributed by atoms with Gasteiger partial charge in [-0.15, -0.1) is 24.2 Å². The first-order valence-corrected chi connectivity index (χ1v) is 11.7. The molecular formula is C26H20FN3O3S2. The van der Waals surface area contributed by atoms with Crippen molar-refractivity contribution in [1.82, 2.24) is 9.97 Å². The van der Waals surface area contributed by atoms with Gasteiger partial charge in [-0.1, -0.05) is 36.4 Å². The number of ether oxygens (including phenoxy) is 1. The van der Waals surface area contributed by atoms with Gasteiger partial charge in [-0.05, 0) is 41.5 Å². The number of thiol groups is 1. The molecule has 0 atom stereocenters. The zero-order valence-corrected chi connectivity index (χ0v) is 20.2. The maximum atomic E-state index is 14.3. The number of thiazole rings is 1. The second kappa shape index (κ2) is 10.6. The first-order valence-electron chi connectivity index (χ1n) is 10.3. The number of hydrogen-bond acceptors (Lipinski definition) is 7. The zero-order valence-electron chi connectivity index (χ0n) is 18.5. The average Bonchev–Trinajstić information content (AvgIpc) is 3.39. The predicted octanol–water partition coefficient (Wildman–Crippen LogP) is 6.33. The third-order valence-electron chi connectivity index (χ3n) is 5.37. The van der Waals surface area contributed by atoms with Crippen LogP contribution in [0.2, 0.25) is 0 Å². The molecule has 3 aromatic carbocycles. The lowest BCUT2D eigenvalue weighted by Gasteiger charge is -2.08. The number of halogens is 1. The normalized spacial score (nSPS) is 10.5. The highest BCUT2D eigenvalue weighted by Gasteiger charge is 2.18. The van der Waals surface area contributed by atoms with Crippen molar-refractivity contribution < 1.29 is 19.0 Å². The largest absolute Gasteiger partial charge is 0.496 e. The molecule has 0 amide bonds. The van der Waals surface area contributed by atoms with Gasteiger partial charge in [0, 0.05) is 28.1 Å². The highest BCUT2D eigenvalue weighted by Crippen LogP contribution is 2.36. The number of aromatic carboxylic acids is 1. The first-order chi connectivity index (χ1) is 17.0. The molecule has 35 heavy (non-hydrogen) atoms. The highest BCUT2D eigenvalue weighted by molar-refractivity contribution is 7.77. The van der Waals surface area contributed by atoms with E-state index in [2.05, 4.69) is 34.0 Å². The van der Waals surface area contributed by atoms with Gasteiger partial charge in [-0.25, -0.2) is 14.2 Å². The van der Waals surface area contributed by atoms with E-state index in [0.29, 0.717) is 11.3 Å². The third kappa shape index (κ3) is 5.02. The molecule has 2 aromatic heterocycles. The van der Waals surface area contributed by atoms with Gasteiger partial charge in [0.2, 0.25) is 0 Å². The van der Waals surface area contributed by atoms with Crippen molar-refractivity contribution in [3.63, 3.8) is 0 Å². The summed E-state index contributed by atoms with van der Waals surface area (Å²) in [5.74, 6) is -1.92. The summed E-state index contributed by atoms with van der Waals surface area (Å²) < 4.78 is 19.6. The number of carboxylic acid groups (broad SMARTS) is 1. The van der Waals surface area contributed by atoms with E-state index in [-0.39, 0.29) is 5.75 Å². The molecular weight excluding hydrogens is 485 g/mol. The topological polar surface area (TPSA) is 98.3 Å². The van der Waals surface area contributed by atoms with Crippen molar-refractivity contribution in [2.24, 2.45) is 5.14 Å². The Morgan fingerprint density at radius 3 is 2.46 bits per heavy atom. The number of nitrogens with zero attached hydrogens (tertiary/aromatic N) is 2. The molecule has 0 aliphatic carbocycles. The summed E-state index contributed by atoms with van der Waals surface area (Å²) in [5.41, 5.74) is 4.55. The molecule has 0 saturated carbocycles. The van der Waals surface area contributed by atoms with Crippen molar-refractivity contribution in [2.45, 2.75) is 0 Å². The number of carbonyl (C=O) groups is 1. The fraction of sp³-hybridized carbons (Fsp3) is 0.0385. The van der Waals surface area contributed by atoms with Crippen molar-refractivity contribution in [2.75, 3.05) is 7.11 Å². The minimum Gasteiger partial charge on any atom is -0.496 e. The Bertz CT molecular complexity index is 1500. The van der Waals surface area contributed by atoms with Crippen LogP contribution in [0.5, 0.6) is 5.75 Å². The lowest BCUT2D eigenvalue weighted by atomic mass is 10.0. The number of rotatable bonds is 5. The summed E-state index contributed by atoms with van der Waals surface area (Å²) in [6, 6.07) is 20.5. The average molecular weight is 506 g/mol. The van der Waals surface area contributed by atoms with E-state index in [1.165, 1.54) is 24.5 Å². The Morgan fingerprint density at radius 1 is 1.03 bits per heavy atom. The van der Waals surface area contributed by atoms with E-state index in [9.17, 15) is 9.18 Å². The number of benzene rings is 3. The molecule has 0 saturated heterocycles. The predicted molar refractivity (Wildman–Crippen MR) is 140 cm³/mol. The number of methoxy groups -OCH3 is 1. The van der Waals surface area contributed by atoms with Crippen LogP contribution < -0.4 is 9.88 Å².